The first kappa shape index (κ1) is 14.4. The van der Waals surface area contributed by atoms with Gasteiger partial charge in [-0.25, -0.2) is 5.48 Å². The highest BCUT2D eigenvalue weighted by atomic mass is 28.3. The SMILES string of the molecule is CONC(=O)CCC/C=C/C[Si](C)(C)C. The van der Waals surface area contributed by atoms with Gasteiger partial charge in [0.15, 0.2) is 0 Å². The first-order valence-corrected chi connectivity index (χ1v) is 9.13. The molecule has 0 unspecified atom stereocenters. The zero-order valence-electron chi connectivity index (χ0n) is 10.3. The predicted molar refractivity (Wildman–Crippen MR) is 66.3 cm³/mol. The first-order valence-electron chi connectivity index (χ1n) is 5.42. The number of allylic oxidation sites excluding steroid dienone is 2. The fraction of sp³-hybridized carbons (Fsp3) is 0.727. The van der Waals surface area contributed by atoms with Gasteiger partial charge in [0.05, 0.1) is 7.11 Å². The molecule has 3 nitrogen and oxygen atoms in total. The Morgan fingerprint density at radius 2 is 2.00 bits per heavy atom. The lowest BCUT2D eigenvalue weighted by molar-refractivity contribution is -0.131. The second-order valence-corrected chi connectivity index (χ2v) is 10.4. The van der Waals surface area contributed by atoms with Gasteiger partial charge in [-0.15, -0.1) is 0 Å². The van der Waals surface area contributed by atoms with E-state index in [9.17, 15) is 4.79 Å². The fourth-order valence-corrected chi connectivity index (χ4v) is 1.97. The Bertz CT molecular complexity index is 209. The number of carbonyl (C=O) groups excluding carboxylic acids is 1. The van der Waals surface area contributed by atoms with E-state index in [4.69, 9.17) is 0 Å². The summed E-state index contributed by atoms with van der Waals surface area (Å²) in [6.45, 7) is 7.05. The summed E-state index contributed by atoms with van der Waals surface area (Å²) in [5.41, 5.74) is 2.30. The van der Waals surface area contributed by atoms with Gasteiger partial charge in [0.1, 0.15) is 0 Å². The molecule has 0 aliphatic heterocycles. The average molecular weight is 229 g/mol. The van der Waals surface area contributed by atoms with Gasteiger partial charge >= 0.3 is 0 Å². The zero-order chi connectivity index (χ0) is 11.7. The maximum atomic E-state index is 11.0. The molecule has 0 rings (SSSR count). The number of carbonyl (C=O) groups is 1. The van der Waals surface area contributed by atoms with Crippen molar-refractivity contribution in [3.8, 4) is 0 Å². The van der Waals surface area contributed by atoms with Crippen molar-refractivity contribution in [2.24, 2.45) is 0 Å². The molecule has 0 aliphatic rings. The molecule has 15 heavy (non-hydrogen) atoms. The van der Waals surface area contributed by atoms with Crippen LogP contribution in [0.15, 0.2) is 12.2 Å². The van der Waals surface area contributed by atoms with Crippen LogP contribution in [-0.2, 0) is 9.63 Å². The fourth-order valence-electron chi connectivity index (χ4n) is 1.10. The smallest absolute Gasteiger partial charge is 0.243 e. The lowest BCUT2D eigenvalue weighted by Gasteiger charge is -2.11. The third-order valence-electron chi connectivity index (χ3n) is 1.89. The lowest BCUT2D eigenvalue weighted by atomic mass is 10.2. The van der Waals surface area contributed by atoms with E-state index in [1.807, 2.05) is 0 Å². The van der Waals surface area contributed by atoms with Crippen LogP contribution < -0.4 is 5.48 Å². The van der Waals surface area contributed by atoms with Crippen molar-refractivity contribution < 1.29 is 9.63 Å². The molecule has 0 aromatic carbocycles. The van der Waals surface area contributed by atoms with Gasteiger partial charge < -0.3 is 0 Å². The molecule has 0 bridgehead atoms. The van der Waals surface area contributed by atoms with Gasteiger partial charge in [-0.1, -0.05) is 31.8 Å². The molecule has 0 aromatic rings. The van der Waals surface area contributed by atoms with E-state index in [0.717, 1.165) is 12.8 Å². The molecule has 0 spiro atoms. The maximum Gasteiger partial charge on any atom is 0.243 e. The third kappa shape index (κ3) is 11.3. The Morgan fingerprint density at radius 1 is 1.33 bits per heavy atom. The molecule has 1 N–H and O–H groups in total. The Kier molecular flexibility index (Phi) is 7.34. The van der Waals surface area contributed by atoms with Crippen LogP contribution in [0.25, 0.3) is 0 Å². The summed E-state index contributed by atoms with van der Waals surface area (Å²) in [6.07, 6.45) is 6.82. The van der Waals surface area contributed by atoms with E-state index in [2.05, 4.69) is 42.1 Å². The van der Waals surface area contributed by atoms with Crippen molar-refractivity contribution >= 4 is 14.0 Å². The van der Waals surface area contributed by atoms with Crippen LogP contribution in [0, 0.1) is 0 Å². The van der Waals surface area contributed by atoms with E-state index in [1.54, 1.807) is 0 Å². The van der Waals surface area contributed by atoms with Gasteiger partial charge in [-0.3, -0.25) is 9.63 Å². The third-order valence-corrected chi connectivity index (χ3v) is 3.35. The van der Waals surface area contributed by atoms with Crippen LogP contribution in [0.2, 0.25) is 25.7 Å². The highest BCUT2D eigenvalue weighted by Crippen LogP contribution is 2.09. The number of hydrogen-bond donors (Lipinski definition) is 1. The van der Waals surface area contributed by atoms with Crippen molar-refractivity contribution in [1.29, 1.82) is 0 Å². The van der Waals surface area contributed by atoms with Gasteiger partial charge in [0.2, 0.25) is 5.91 Å². The van der Waals surface area contributed by atoms with Crippen LogP contribution in [0.1, 0.15) is 19.3 Å². The summed E-state index contributed by atoms with van der Waals surface area (Å²) < 4.78 is 0. The van der Waals surface area contributed by atoms with Crippen LogP contribution in [0.4, 0.5) is 0 Å². The monoisotopic (exact) mass is 229 g/mol. The van der Waals surface area contributed by atoms with Gasteiger partial charge in [-0.2, -0.15) is 0 Å². The van der Waals surface area contributed by atoms with E-state index in [-0.39, 0.29) is 5.91 Å². The molecule has 0 saturated heterocycles. The Morgan fingerprint density at radius 3 is 2.53 bits per heavy atom. The van der Waals surface area contributed by atoms with Gasteiger partial charge in [0.25, 0.3) is 0 Å². The zero-order valence-corrected chi connectivity index (χ0v) is 11.3. The molecule has 0 aliphatic carbocycles. The van der Waals surface area contributed by atoms with Gasteiger partial charge in [0, 0.05) is 14.5 Å². The second-order valence-electron chi connectivity index (χ2n) is 4.86. The van der Waals surface area contributed by atoms with Crippen molar-refractivity contribution in [3.63, 3.8) is 0 Å². The Hall–Kier alpha value is -0.613. The maximum absolute atomic E-state index is 11.0. The molecule has 0 radical (unpaired) electrons. The minimum absolute atomic E-state index is 0.0453. The van der Waals surface area contributed by atoms with Crippen molar-refractivity contribution in [1.82, 2.24) is 5.48 Å². The molecule has 0 fully saturated rings. The number of nitrogens with one attached hydrogen (secondary N) is 1. The normalized spacial score (nSPS) is 12.0. The van der Waals surface area contributed by atoms with E-state index < -0.39 is 8.07 Å². The summed E-state index contributed by atoms with van der Waals surface area (Å²) in [5.74, 6) is -0.0453. The molecular weight excluding hydrogens is 206 g/mol. The number of unbranched alkanes of at least 4 members (excludes halogenated alkanes) is 1. The minimum atomic E-state index is -0.938. The molecule has 0 atom stereocenters. The van der Waals surface area contributed by atoms with Crippen LogP contribution in [0.5, 0.6) is 0 Å². The largest absolute Gasteiger partial charge is 0.277 e. The van der Waals surface area contributed by atoms with Crippen LogP contribution in [-0.4, -0.2) is 21.1 Å². The molecule has 0 heterocycles. The summed E-state index contributed by atoms with van der Waals surface area (Å²) in [5, 5.41) is 0. The second kappa shape index (κ2) is 7.65. The average Bonchev–Trinajstić information content (AvgIpc) is 2.09. The lowest BCUT2D eigenvalue weighted by Crippen LogP contribution is -2.21. The predicted octanol–water partition coefficient (Wildman–Crippen LogP) is 2.73. The van der Waals surface area contributed by atoms with Crippen molar-refractivity contribution in [3.05, 3.63) is 12.2 Å². The molecule has 88 valence electrons. The summed E-state index contributed by atoms with van der Waals surface area (Å²) in [6, 6.07) is 1.22. The Balaban J connectivity index is 3.42. The van der Waals surface area contributed by atoms with E-state index in [0.29, 0.717) is 6.42 Å². The van der Waals surface area contributed by atoms with Crippen LogP contribution >= 0.6 is 0 Å². The molecule has 0 saturated carbocycles. The first-order chi connectivity index (χ1) is 6.95. The number of hydroxylamine groups is 1. The quantitative estimate of drug-likeness (QED) is 0.315. The van der Waals surface area contributed by atoms with Crippen molar-refractivity contribution in [2.75, 3.05) is 7.11 Å². The summed E-state index contributed by atoms with van der Waals surface area (Å²) >= 11 is 0. The molecule has 0 aromatic heterocycles. The Labute approximate surface area is 93.9 Å². The van der Waals surface area contributed by atoms with Crippen LogP contribution in [0.3, 0.4) is 0 Å². The van der Waals surface area contributed by atoms with E-state index >= 15 is 0 Å². The number of hydrogen-bond acceptors (Lipinski definition) is 2. The summed E-state index contributed by atoms with van der Waals surface area (Å²) in [7, 11) is 0.512. The van der Waals surface area contributed by atoms with E-state index in [1.165, 1.54) is 13.2 Å². The molecule has 4 heteroatoms. The highest BCUT2D eigenvalue weighted by Gasteiger charge is 2.09. The minimum Gasteiger partial charge on any atom is -0.277 e. The number of rotatable bonds is 7. The highest BCUT2D eigenvalue weighted by molar-refractivity contribution is 6.76. The number of amides is 1. The van der Waals surface area contributed by atoms with Crippen molar-refractivity contribution in [2.45, 2.75) is 44.9 Å². The molecule has 1 amide bonds. The topological polar surface area (TPSA) is 38.3 Å². The summed E-state index contributed by atoms with van der Waals surface area (Å²) in [4.78, 5) is 15.5. The molecular formula is C11H23NO2Si. The van der Waals surface area contributed by atoms with Gasteiger partial charge in [-0.05, 0) is 18.9 Å². The standard InChI is InChI=1S/C11H23NO2Si/c1-14-12-11(13)9-7-5-6-8-10-15(2,3)4/h6,8H,5,7,9-10H2,1-4H3,(H,12,13)/b8-6+.